The molecule has 0 aliphatic carbocycles. The van der Waals surface area contributed by atoms with E-state index in [0.29, 0.717) is 22.4 Å². The van der Waals surface area contributed by atoms with E-state index in [2.05, 4.69) is 5.32 Å². The number of nitrogens with zero attached hydrogens (tertiary/aromatic N) is 1. The summed E-state index contributed by atoms with van der Waals surface area (Å²) in [5.41, 5.74) is 0.773. The summed E-state index contributed by atoms with van der Waals surface area (Å²) in [5.74, 6) is -0.156. The maximum absolute atomic E-state index is 13.4. The van der Waals surface area contributed by atoms with Crippen molar-refractivity contribution >= 4 is 72.2 Å². The summed E-state index contributed by atoms with van der Waals surface area (Å²) in [5, 5.41) is 5.50. The van der Waals surface area contributed by atoms with Crippen LogP contribution in [0.25, 0.3) is 27.6 Å². The molecule has 5 aromatic carbocycles. The van der Waals surface area contributed by atoms with Crippen molar-refractivity contribution < 1.29 is 31.7 Å². The van der Waals surface area contributed by atoms with E-state index in [0.717, 1.165) is 32.8 Å². The first-order chi connectivity index (χ1) is 21.7. The third kappa shape index (κ3) is 6.40. The summed E-state index contributed by atoms with van der Waals surface area (Å²) in [6.07, 6.45) is 1.49. The third-order valence-corrected chi connectivity index (χ3v) is 9.22. The number of imide groups is 1. The Kier molecular flexibility index (Phi) is 8.29. The van der Waals surface area contributed by atoms with Crippen LogP contribution >= 0.6 is 11.8 Å². The summed E-state index contributed by atoms with van der Waals surface area (Å²) in [6.45, 7) is 1.48. The van der Waals surface area contributed by atoms with Crippen LogP contribution in [0.15, 0.2) is 113 Å². The monoisotopic (exact) mass is 638 g/mol. The number of anilines is 1. The van der Waals surface area contributed by atoms with Gasteiger partial charge in [-0.05, 0) is 70.4 Å². The number of fused-ring (bicyclic) bond motifs is 2. The first-order valence-corrected chi connectivity index (χ1v) is 16.1. The molecule has 9 nitrogen and oxygen atoms in total. The quantitative estimate of drug-likeness (QED) is 0.138. The van der Waals surface area contributed by atoms with Crippen molar-refractivity contribution in [1.82, 2.24) is 4.90 Å². The Morgan fingerprint density at radius 3 is 2.22 bits per heavy atom. The lowest BCUT2D eigenvalue weighted by molar-refractivity contribution is -0.123. The number of rotatable bonds is 9. The van der Waals surface area contributed by atoms with Crippen molar-refractivity contribution in [3.63, 3.8) is 0 Å². The zero-order valence-corrected chi connectivity index (χ0v) is 25.6. The largest absolute Gasteiger partial charge is 0.491 e. The highest BCUT2D eigenvalue weighted by Gasteiger charge is 2.35. The predicted octanol–water partition coefficient (Wildman–Crippen LogP) is 6.83. The molecule has 226 valence electrons. The number of carbonyl (C=O) groups is 3. The molecular formula is C34H26N2O7S2. The van der Waals surface area contributed by atoms with E-state index in [1.807, 2.05) is 54.6 Å². The first kappa shape index (κ1) is 29.9. The van der Waals surface area contributed by atoms with Crippen LogP contribution in [0.2, 0.25) is 0 Å². The van der Waals surface area contributed by atoms with E-state index in [1.165, 1.54) is 43.3 Å². The maximum atomic E-state index is 13.4. The van der Waals surface area contributed by atoms with Crippen LogP contribution in [0.3, 0.4) is 0 Å². The van der Waals surface area contributed by atoms with Gasteiger partial charge in [-0.3, -0.25) is 19.3 Å². The van der Waals surface area contributed by atoms with E-state index < -0.39 is 21.3 Å². The van der Waals surface area contributed by atoms with Gasteiger partial charge < -0.3 is 14.2 Å². The fraction of sp³-hybridized carbons (Fsp3) is 0.0882. The Balaban J connectivity index is 1.25. The first-order valence-electron chi connectivity index (χ1n) is 13.9. The second kappa shape index (κ2) is 12.5. The molecule has 3 amide bonds. The van der Waals surface area contributed by atoms with Crippen LogP contribution in [-0.2, 0) is 19.7 Å². The summed E-state index contributed by atoms with van der Waals surface area (Å²) >= 11 is 0.767. The Bertz CT molecular complexity index is 2100. The smallest absolute Gasteiger partial charge is 0.339 e. The Morgan fingerprint density at radius 2 is 1.49 bits per heavy atom. The minimum absolute atomic E-state index is 0.00859. The van der Waals surface area contributed by atoms with Gasteiger partial charge >= 0.3 is 10.1 Å². The van der Waals surface area contributed by atoms with Crippen molar-refractivity contribution in [3.05, 3.63) is 114 Å². The number of hydrogen-bond acceptors (Lipinski definition) is 8. The van der Waals surface area contributed by atoms with Crippen molar-refractivity contribution in [1.29, 1.82) is 0 Å². The second-order valence-electron chi connectivity index (χ2n) is 10.1. The van der Waals surface area contributed by atoms with Gasteiger partial charge in [-0.1, -0.05) is 66.7 Å². The molecule has 0 bridgehead atoms. The molecule has 1 N–H and O–H groups in total. The van der Waals surface area contributed by atoms with Gasteiger partial charge in [0.25, 0.3) is 11.1 Å². The minimum Gasteiger partial charge on any atom is -0.491 e. The van der Waals surface area contributed by atoms with Crippen molar-refractivity contribution in [2.45, 2.75) is 11.8 Å². The van der Waals surface area contributed by atoms with Gasteiger partial charge in [-0.2, -0.15) is 8.42 Å². The van der Waals surface area contributed by atoms with Gasteiger partial charge in [0, 0.05) is 23.6 Å². The summed E-state index contributed by atoms with van der Waals surface area (Å²) in [6, 6.07) is 29.5. The number of hydrogen-bond donors (Lipinski definition) is 1. The van der Waals surface area contributed by atoms with Crippen LogP contribution in [0.1, 0.15) is 12.5 Å². The summed E-state index contributed by atoms with van der Waals surface area (Å²) < 4.78 is 38.1. The number of carbonyl (C=O) groups excluding carboxylic acids is 3. The molecule has 1 fully saturated rings. The van der Waals surface area contributed by atoms with Crippen molar-refractivity contribution in [2.75, 3.05) is 18.5 Å². The fourth-order valence-corrected chi connectivity index (χ4v) is 6.76. The number of benzene rings is 5. The highest BCUT2D eigenvalue weighted by Crippen LogP contribution is 2.38. The molecule has 1 heterocycles. The van der Waals surface area contributed by atoms with E-state index in [9.17, 15) is 22.8 Å². The average molecular weight is 639 g/mol. The number of ether oxygens (including phenoxy) is 1. The normalized spacial score (nSPS) is 14.3. The Hall–Kier alpha value is -5.13. The van der Waals surface area contributed by atoms with Gasteiger partial charge in [-0.15, -0.1) is 0 Å². The topological polar surface area (TPSA) is 119 Å². The summed E-state index contributed by atoms with van der Waals surface area (Å²) in [7, 11) is -4.30. The molecular weight excluding hydrogens is 613 g/mol. The minimum atomic E-state index is -4.30. The number of thioether (sulfide) groups is 1. The molecule has 45 heavy (non-hydrogen) atoms. The molecule has 0 atom stereocenters. The molecule has 6 rings (SSSR count). The molecule has 1 saturated heterocycles. The molecule has 0 unspecified atom stereocenters. The van der Waals surface area contributed by atoms with Crippen LogP contribution in [0.4, 0.5) is 10.5 Å². The van der Waals surface area contributed by atoms with Crippen LogP contribution < -0.4 is 14.2 Å². The summed E-state index contributed by atoms with van der Waals surface area (Å²) in [4.78, 5) is 38.8. The van der Waals surface area contributed by atoms with Crippen molar-refractivity contribution in [2.24, 2.45) is 0 Å². The SMILES string of the molecule is CC(=O)Nc1ccc(S(=O)(=O)Oc2ccc3ccccc3c2/C=C2\SC(=O)N(CCOc3cccc4ccccc34)C2=O)cc1. The van der Waals surface area contributed by atoms with Crippen LogP contribution in [0, 0.1) is 0 Å². The van der Waals surface area contributed by atoms with Gasteiger partial charge in [0.05, 0.1) is 11.4 Å². The van der Waals surface area contributed by atoms with E-state index in [4.69, 9.17) is 8.92 Å². The fourth-order valence-electron chi connectivity index (χ4n) is 4.96. The van der Waals surface area contributed by atoms with E-state index >= 15 is 0 Å². The predicted molar refractivity (Wildman–Crippen MR) is 175 cm³/mol. The molecule has 11 heteroatoms. The molecule has 1 aliphatic heterocycles. The van der Waals surface area contributed by atoms with Crippen molar-refractivity contribution in [3.8, 4) is 11.5 Å². The lowest BCUT2D eigenvalue weighted by Crippen LogP contribution is -2.32. The third-order valence-electron chi connectivity index (χ3n) is 7.06. The second-order valence-corrected chi connectivity index (χ2v) is 12.6. The average Bonchev–Trinajstić information content (AvgIpc) is 3.29. The highest BCUT2D eigenvalue weighted by atomic mass is 32.2. The zero-order valence-electron chi connectivity index (χ0n) is 23.9. The molecule has 1 aliphatic rings. The zero-order chi connectivity index (χ0) is 31.6. The molecule has 5 aromatic rings. The van der Waals surface area contributed by atoms with E-state index in [1.54, 1.807) is 18.2 Å². The number of amides is 3. The molecule has 0 aromatic heterocycles. The van der Waals surface area contributed by atoms with Gasteiger partial charge in [0.2, 0.25) is 5.91 Å². The van der Waals surface area contributed by atoms with E-state index in [-0.39, 0.29) is 34.6 Å². The molecule has 0 radical (unpaired) electrons. The van der Waals surface area contributed by atoms with Gasteiger partial charge in [-0.25, -0.2) is 0 Å². The van der Waals surface area contributed by atoms with Gasteiger partial charge in [0.15, 0.2) is 5.75 Å². The lowest BCUT2D eigenvalue weighted by Gasteiger charge is -2.14. The lowest BCUT2D eigenvalue weighted by atomic mass is 10.0. The molecule has 0 saturated carbocycles. The molecule has 0 spiro atoms. The van der Waals surface area contributed by atoms with Crippen LogP contribution in [0.5, 0.6) is 11.5 Å². The maximum Gasteiger partial charge on any atom is 0.339 e. The van der Waals surface area contributed by atoms with Crippen LogP contribution in [-0.4, -0.2) is 43.5 Å². The Labute approximate surface area is 263 Å². The standard InChI is InChI=1S/C34H26N2O7S2/c1-22(37)35-25-14-16-26(17-15-25)45(40,41)43-31-18-13-24-8-2-4-10-27(24)29(31)21-32-33(38)36(34(39)44-32)19-20-42-30-12-6-9-23-7-3-5-11-28(23)30/h2-18,21H,19-20H2,1H3,(H,35,37)/b32-21-. The highest BCUT2D eigenvalue weighted by molar-refractivity contribution is 8.18. The van der Waals surface area contributed by atoms with Gasteiger partial charge in [0.1, 0.15) is 17.3 Å². The Morgan fingerprint density at radius 1 is 0.822 bits per heavy atom. The number of nitrogens with one attached hydrogen (secondary N) is 1.